The lowest BCUT2D eigenvalue weighted by Gasteiger charge is -2.20. The summed E-state index contributed by atoms with van der Waals surface area (Å²) in [6.45, 7) is 0.669. The van der Waals surface area contributed by atoms with E-state index in [4.69, 9.17) is 14.2 Å². The number of benzene rings is 3. The van der Waals surface area contributed by atoms with Crippen LogP contribution in [0.4, 0.5) is 0 Å². The molecule has 0 aliphatic rings. The van der Waals surface area contributed by atoms with E-state index in [9.17, 15) is 5.11 Å². The molecule has 0 saturated carbocycles. The molecule has 2 unspecified atom stereocenters. The maximum atomic E-state index is 10.6. The van der Waals surface area contributed by atoms with Crippen LogP contribution >= 0.6 is 0 Å². The van der Waals surface area contributed by atoms with Crippen LogP contribution in [0, 0.1) is 0 Å². The number of nitrogens with two attached hydrogens (primary N) is 1. The summed E-state index contributed by atoms with van der Waals surface area (Å²) in [4.78, 5) is 0. The molecule has 0 amide bonds. The van der Waals surface area contributed by atoms with Gasteiger partial charge >= 0.3 is 0 Å². The molecule has 1 heterocycles. The molecule has 0 fully saturated rings. The minimum Gasteiger partial charge on any atom is -0.493 e. The van der Waals surface area contributed by atoms with Crippen LogP contribution in [0.15, 0.2) is 66.7 Å². The van der Waals surface area contributed by atoms with Crippen molar-refractivity contribution < 1.29 is 24.6 Å². The first-order chi connectivity index (χ1) is 16.2. The molecule has 4 N–H and O–H groups in total. The topological polar surface area (TPSA) is 106 Å². The van der Waals surface area contributed by atoms with Crippen LogP contribution in [0.2, 0.25) is 0 Å². The zero-order valence-electron chi connectivity index (χ0n) is 18.8. The number of H-pyrrole nitrogens is 1. The number of methoxy groups -OCH3 is 2. The zero-order valence-corrected chi connectivity index (χ0v) is 18.8. The zero-order chi connectivity index (χ0) is 23.0. The number of hydrogen-bond acceptors (Lipinski definition) is 6. The van der Waals surface area contributed by atoms with E-state index >= 15 is 0 Å². The summed E-state index contributed by atoms with van der Waals surface area (Å²) in [5.74, 6) is 2.03. The molecule has 0 aliphatic carbocycles. The highest BCUT2D eigenvalue weighted by Crippen LogP contribution is 2.30. The number of aliphatic hydroxyl groups is 1. The fourth-order valence-electron chi connectivity index (χ4n) is 3.78. The monoisotopic (exact) mass is 449 g/mol. The van der Waals surface area contributed by atoms with Gasteiger partial charge in [-0.2, -0.15) is 15.4 Å². The normalized spacial score (nSPS) is 12.9. The van der Waals surface area contributed by atoms with E-state index in [1.807, 2.05) is 48.5 Å². The Morgan fingerprint density at radius 2 is 1.70 bits per heavy atom. The molecule has 0 bridgehead atoms. The Morgan fingerprint density at radius 3 is 2.48 bits per heavy atom. The van der Waals surface area contributed by atoms with E-state index in [2.05, 4.69) is 32.9 Å². The van der Waals surface area contributed by atoms with Crippen molar-refractivity contribution in [2.75, 3.05) is 27.4 Å². The highest BCUT2D eigenvalue weighted by molar-refractivity contribution is 5.75. The molecule has 0 spiro atoms. The third-order valence-electron chi connectivity index (χ3n) is 5.56. The van der Waals surface area contributed by atoms with Gasteiger partial charge < -0.3 is 24.6 Å². The van der Waals surface area contributed by atoms with Crippen molar-refractivity contribution >= 4 is 11.0 Å². The maximum Gasteiger partial charge on any atom is 0.161 e. The van der Waals surface area contributed by atoms with E-state index in [-0.39, 0.29) is 12.6 Å². The summed E-state index contributed by atoms with van der Waals surface area (Å²) in [7, 11) is 3.26. The molecule has 33 heavy (non-hydrogen) atoms. The molecule has 2 atom stereocenters. The summed E-state index contributed by atoms with van der Waals surface area (Å²) < 4.78 is 16.7. The number of nitrogens with zero attached hydrogens (tertiary/aromatic N) is 2. The highest BCUT2D eigenvalue weighted by atomic mass is 16.5. The lowest BCUT2D eigenvalue weighted by atomic mass is 9.98. The molecule has 4 rings (SSSR count). The SMILES string of the molecule is COc1ccc(C(Cc2ccccc2)[NH2+]CC(O)COc2ccc3n[nH]nc3c2)cc1OC. The number of nitrogens with one attached hydrogen (secondary N) is 1. The second-order valence-electron chi connectivity index (χ2n) is 7.82. The summed E-state index contributed by atoms with van der Waals surface area (Å²) in [6.07, 6.45) is 0.170. The Hall–Kier alpha value is -3.62. The number of aromatic amines is 1. The van der Waals surface area contributed by atoms with Crippen molar-refractivity contribution in [1.29, 1.82) is 0 Å². The second kappa shape index (κ2) is 10.8. The second-order valence-corrected chi connectivity index (χ2v) is 7.82. The number of aromatic nitrogens is 3. The van der Waals surface area contributed by atoms with Crippen molar-refractivity contribution in [2.45, 2.75) is 18.6 Å². The molecule has 4 aromatic rings. The van der Waals surface area contributed by atoms with Gasteiger partial charge in [-0.15, -0.1) is 0 Å². The summed E-state index contributed by atoms with van der Waals surface area (Å²) in [6, 6.07) is 21.8. The lowest BCUT2D eigenvalue weighted by Crippen LogP contribution is -2.88. The first-order valence-corrected chi connectivity index (χ1v) is 10.9. The predicted octanol–water partition coefficient (Wildman–Crippen LogP) is 2.26. The Labute approximate surface area is 192 Å². The molecule has 172 valence electrons. The van der Waals surface area contributed by atoms with Crippen LogP contribution in [-0.4, -0.2) is 54.0 Å². The minimum absolute atomic E-state index is 0.0911. The average Bonchev–Trinajstić information content (AvgIpc) is 3.33. The third kappa shape index (κ3) is 5.79. The quantitative estimate of drug-likeness (QED) is 0.324. The van der Waals surface area contributed by atoms with Crippen LogP contribution < -0.4 is 19.5 Å². The predicted molar refractivity (Wildman–Crippen MR) is 125 cm³/mol. The van der Waals surface area contributed by atoms with Gasteiger partial charge in [-0.25, -0.2) is 0 Å². The number of quaternary nitrogens is 1. The smallest absolute Gasteiger partial charge is 0.161 e. The highest BCUT2D eigenvalue weighted by Gasteiger charge is 2.20. The van der Waals surface area contributed by atoms with E-state index in [0.717, 1.165) is 23.0 Å². The fourth-order valence-corrected chi connectivity index (χ4v) is 3.78. The van der Waals surface area contributed by atoms with Crippen molar-refractivity contribution in [3.05, 3.63) is 77.9 Å². The first-order valence-electron chi connectivity index (χ1n) is 10.9. The summed E-state index contributed by atoms with van der Waals surface area (Å²) >= 11 is 0. The third-order valence-corrected chi connectivity index (χ3v) is 5.56. The molecule has 1 aromatic heterocycles. The summed E-state index contributed by atoms with van der Waals surface area (Å²) in [5, 5.41) is 23.4. The standard InChI is InChI=1S/C25H28N4O4/c1-31-24-11-8-18(13-25(24)32-2)22(12-17-6-4-3-5-7-17)26-15-19(30)16-33-20-9-10-21-23(14-20)28-29-27-21/h3-11,13-14,19,22,26,30H,12,15-16H2,1-2H3,(H,27,28,29)/p+1. The Kier molecular flexibility index (Phi) is 7.39. The van der Waals surface area contributed by atoms with Crippen molar-refractivity contribution in [3.8, 4) is 17.2 Å². The van der Waals surface area contributed by atoms with Gasteiger partial charge in [0.1, 0.15) is 42.1 Å². The molecular formula is C25H29N4O4+. The lowest BCUT2D eigenvalue weighted by molar-refractivity contribution is -0.701. The van der Waals surface area contributed by atoms with Gasteiger partial charge in [0.25, 0.3) is 0 Å². The van der Waals surface area contributed by atoms with Crippen LogP contribution in [-0.2, 0) is 6.42 Å². The molecule has 8 nitrogen and oxygen atoms in total. The van der Waals surface area contributed by atoms with E-state index < -0.39 is 6.10 Å². The number of rotatable bonds is 11. The minimum atomic E-state index is -0.642. The van der Waals surface area contributed by atoms with Gasteiger partial charge in [0.2, 0.25) is 0 Å². The number of ether oxygens (including phenoxy) is 3. The van der Waals surface area contributed by atoms with Gasteiger partial charge in [-0.3, -0.25) is 0 Å². The molecule has 8 heteroatoms. The number of fused-ring (bicyclic) bond motifs is 1. The Balaban J connectivity index is 1.41. The van der Waals surface area contributed by atoms with Crippen molar-refractivity contribution in [2.24, 2.45) is 0 Å². The Morgan fingerprint density at radius 1 is 0.909 bits per heavy atom. The van der Waals surface area contributed by atoms with Gasteiger partial charge in [0.15, 0.2) is 11.5 Å². The van der Waals surface area contributed by atoms with E-state index in [1.54, 1.807) is 20.3 Å². The molecule has 0 aliphatic heterocycles. The first kappa shape index (κ1) is 22.6. The van der Waals surface area contributed by atoms with E-state index in [1.165, 1.54) is 5.56 Å². The fraction of sp³-hybridized carbons (Fsp3) is 0.280. The van der Waals surface area contributed by atoms with Gasteiger partial charge in [0.05, 0.1) is 14.2 Å². The molecule has 0 saturated heterocycles. The van der Waals surface area contributed by atoms with Crippen LogP contribution in [0.5, 0.6) is 17.2 Å². The average molecular weight is 450 g/mol. The maximum absolute atomic E-state index is 10.6. The molecule has 3 aromatic carbocycles. The van der Waals surface area contributed by atoms with Crippen LogP contribution in [0.1, 0.15) is 17.2 Å². The molecule has 0 radical (unpaired) electrons. The van der Waals surface area contributed by atoms with Crippen LogP contribution in [0.3, 0.4) is 0 Å². The van der Waals surface area contributed by atoms with E-state index in [0.29, 0.717) is 23.8 Å². The van der Waals surface area contributed by atoms with Gasteiger partial charge in [0, 0.05) is 18.1 Å². The molecular weight excluding hydrogens is 420 g/mol. The van der Waals surface area contributed by atoms with Crippen molar-refractivity contribution in [1.82, 2.24) is 15.4 Å². The largest absolute Gasteiger partial charge is 0.493 e. The van der Waals surface area contributed by atoms with Crippen molar-refractivity contribution in [3.63, 3.8) is 0 Å². The Bertz CT molecular complexity index is 1170. The van der Waals surface area contributed by atoms with Crippen LogP contribution in [0.25, 0.3) is 11.0 Å². The van der Waals surface area contributed by atoms with Gasteiger partial charge in [-0.05, 0) is 35.9 Å². The number of hydrogen-bond donors (Lipinski definition) is 3. The van der Waals surface area contributed by atoms with Gasteiger partial charge in [-0.1, -0.05) is 30.3 Å². The summed E-state index contributed by atoms with van der Waals surface area (Å²) in [5.41, 5.74) is 3.82. The number of aliphatic hydroxyl groups excluding tert-OH is 1.